The molecule has 0 fully saturated rings. The van der Waals surface area contributed by atoms with Gasteiger partial charge in [0.15, 0.2) is 5.82 Å². The van der Waals surface area contributed by atoms with E-state index in [1.54, 1.807) is 12.5 Å². The number of hydrogen-bond acceptors (Lipinski definition) is 6. The molecule has 0 saturated heterocycles. The lowest BCUT2D eigenvalue weighted by Gasteiger charge is -2.10. The molecular formula is C13H20N6O. The van der Waals surface area contributed by atoms with Gasteiger partial charge < -0.3 is 19.9 Å². The van der Waals surface area contributed by atoms with Gasteiger partial charge in [0.1, 0.15) is 18.2 Å². The molecule has 0 saturated carbocycles. The summed E-state index contributed by atoms with van der Waals surface area (Å²) in [5.74, 6) is 2.24. The van der Waals surface area contributed by atoms with Crippen molar-refractivity contribution in [3.63, 3.8) is 0 Å². The normalized spacial score (nSPS) is 10.5. The van der Waals surface area contributed by atoms with Crippen molar-refractivity contribution in [2.75, 3.05) is 30.8 Å². The molecule has 0 spiro atoms. The number of hydrogen-bond donors (Lipinski definition) is 2. The van der Waals surface area contributed by atoms with Crippen LogP contribution in [0.1, 0.15) is 12.7 Å². The number of rotatable bonds is 8. The lowest BCUT2D eigenvalue weighted by molar-refractivity contribution is 0.128. The fourth-order valence-electron chi connectivity index (χ4n) is 1.71. The van der Waals surface area contributed by atoms with Crippen molar-refractivity contribution in [3.05, 3.63) is 30.6 Å². The quantitative estimate of drug-likeness (QED) is 0.758. The number of anilines is 2. The van der Waals surface area contributed by atoms with Gasteiger partial charge in [-0.3, -0.25) is 0 Å². The second-order valence-electron chi connectivity index (χ2n) is 4.17. The molecule has 2 rings (SSSR count). The zero-order valence-electron chi connectivity index (χ0n) is 11.8. The van der Waals surface area contributed by atoms with Crippen molar-refractivity contribution in [2.24, 2.45) is 0 Å². The van der Waals surface area contributed by atoms with Crippen molar-refractivity contribution in [3.8, 4) is 0 Å². The largest absolute Gasteiger partial charge is 0.374 e. The van der Waals surface area contributed by atoms with E-state index in [2.05, 4.69) is 25.6 Å². The van der Waals surface area contributed by atoms with Crippen molar-refractivity contribution >= 4 is 11.6 Å². The molecule has 20 heavy (non-hydrogen) atoms. The minimum atomic E-state index is 0.419. The van der Waals surface area contributed by atoms with Crippen molar-refractivity contribution in [2.45, 2.75) is 20.1 Å². The first kappa shape index (κ1) is 14.3. The first-order valence-corrected chi connectivity index (χ1v) is 6.65. The van der Waals surface area contributed by atoms with Crippen molar-refractivity contribution in [1.82, 2.24) is 19.5 Å². The molecular weight excluding hydrogens is 256 g/mol. The Morgan fingerprint density at radius 2 is 2.15 bits per heavy atom. The zero-order chi connectivity index (χ0) is 14.2. The molecule has 0 aliphatic heterocycles. The van der Waals surface area contributed by atoms with Gasteiger partial charge in [-0.1, -0.05) is 0 Å². The molecule has 2 N–H and O–H groups in total. The van der Waals surface area contributed by atoms with E-state index < -0.39 is 0 Å². The fourth-order valence-corrected chi connectivity index (χ4v) is 1.71. The maximum atomic E-state index is 5.34. The summed E-state index contributed by atoms with van der Waals surface area (Å²) in [5.41, 5.74) is 0. The van der Waals surface area contributed by atoms with Gasteiger partial charge in [0.25, 0.3) is 0 Å². The Hall–Kier alpha value is -2.15. The van der Waals surface area contributed by atoms with E-state index in [1.165, 1.54) is 0 Å². The van der Waals surface area contributed by atoms with Gasteiger partial charge in [0.2, 0.25) is 0 Å². The van der Waals surface area contributed by atoms with Gasteiger partial charge in [0.05, 0.1) is 6.33 Å². The Bertz CT molecular complexity index is 514. The highest BCUT2D eigenvalue weighted by molar-refractivity contribution is 5.47. The molecule has 108 valence electrons. The third kappa shape index (κ3) is 4.20. The third-order valence-electron chi connectivity index (χ3n) is 2.70. The lowest BCUT2D eigenvalue weighted by atomic mass is 10.4. The van der Waals surface area contributed by atoms with Crippen LogP contribution in [0.25, 0.3) is 0 Å². The predicted molar refractivity (Wildman–Crippen MR) is 77.6 cm³/mol. The van der Waals surface area contributed by atoms with Gasteiger partial charge in [0, 0.05) is 45.2 Å². The Morgan fingerprint density at radius 1 is 1.30 bits per heavy atom. The second-order valence-corrected chi connectivity index (χ2v) is 4.17. The van der Waals surface area contributed by atoms with Crippen LogP contribution in [0.3, 0.4) is 0 Å². The molecule has 0 aliphatic rings. The van der Waals surface area contributed by atoms with E-state index in [1.807, 2.05) is 30.8 Å². The first-order valence-electron chi connectivity index (χ1n) is 6.65. The van der Waals surface area contributed by atoms with Gasteiger partial charge >= 0.3 is 0 Å². The van der Waals surface area contributed by atoms with Crippen molar-refractivity contribution < 1.29 is 4.74 Å². The van der Waals surface area contributed by atoms with Crippen LogP contribution in [-0.2, 0) is 17.9 Å². The zero-order valence-corrected chi connectivity index (χ0v) is 11.8. The predicted octanol–water partition coefficient (Wildman–Crippen LogP) is 1.36. The SMILES string of the molecule is CCOCc1nc(NC)cc(NCCn2ccnc2)n1. The summed E-state index contributed by atoms with van der Waals surface area (Å²) in [4.78, 5) is 12.8. The van der Waals surface area contributed by atoms with E-state index in [0.29, 0.717) is 19.0 Å². The summed E-state index contributed by atoms with van der Waals surface area (Å²) < 4.78 is 7.35. The number of aromatic nitrogens is 4. The molecule has 2 aromatic heterocycles. The standard InChI is InChI=1S/C13H20N6O/c1-3-20-9-13-17-11(14-2)8-12(18-13)16-5-7-19-6-4-15-10-19/h4,6,8,10H,3,5,7,9H2,1-2H3,(H2,14,16,17,18). The van der Waals surface area contributed by atoms with Gasteiger partial charge in [-0.15, -0.1) is 0 Å². The minimum absolute atomic E-state index is 0.419. The molecule has 2 heterocycles. The number of ether oxygens (including phenoxy) is 1. The van der Waals surface area contributed by atoms with E-state index in [-0.39, 0.29) is 0 Å². The molecule has 7 nitrogen and oxygen atoms in total. The van der Waals surface area contributed by atoms with Crippen LogP contribution < -0.4 is 10.6 Å². The summed E-state index contributed by atoms with van der Waals surface area (Å²) in [6, 6.07) is 1.88. The monoisotopic (exact) mass is 276 g/mol. The van der Waals surface area contributed by atoms with Gasteiger partial charge in [-0.2, -0.15) is 0 Å². The Morgan fingerprint density at radius 3 is 2.85 bits per heavy atom. The minimum Gasteiger partial charge on any atom is -0.374 e. The summed E-state index contributed by atoms with van der Waals surface area (Å²) >= 11 is 0. The lowest BCUT2D eigenvalue weighted by Crippen LogP contribution is -2.12. The molecule has 0 aliphatic carbocycles. The van der Waals surface area contributed by atoms with E-state index in [4.69, 9.17) is 4.74 Å². The van der Waals surface area contributed by atoms with Gasteiger partial charge in [-0.05, 0) is 6.92 Å². The van der Waals surface area contributed by atoms with Crippen LogP contribution in [0.4, 0.5) is 11.6 Å². The molecule has 2 aromatic rings. The fraction of sp³-hybridized carbons (Fsp3) is 0.462. The Balaban J connectivity index is 1.94. The maximum Gasteiger partial charge on any atom is 0.158 e. The van der Waals surface area contributed by atoms with Gasteiger partial charge in [-0.25, -0.2) is 15.0 Å². The van der Waals surface area contributed by atoms with Crippen molar-refractivity contribution in [1.29, 1.82) is 0 Å². The van der Waals surface area contributed by atoms with E-state index in [9.17, 15) is 0 Å². The average Bonchev–Trinajstić information content (AvgIpc) is 2.98. The Labute approximate surface area is 118 Å². The molecule has 0 unspecified atom stereocenters. The highest BCUT2D eigenvalue weighted by Crippen LogP contribution is 2.11. The highest BCUT2D eigenvalue weighted by Gasteiger charge is 2.03. The smallest absolute Gasteiger partial charge is 0.158 e. The average molecular weight is 276 g/mol. The summed E-state index contributed by atoms with van der Waals surface area (Å²) in [6.07, 6.45) is 5.49. The molecule has 0 bridgehead atoms. The van der Waals surface area contributed by atoms with Crippen LogP contribution in [-0.4, -0.2) is 39.7 Å². The first-order chi connectivity index (χ1) is 9.81. The van der Waals surface area contributed by atoms with Crippen LogP contribution in [0.15, 0.2) is 24.8 Å². The number of nitrogens with one attached hydrogen (secondary N) is 2. The molecule has 0 radical (unpaired) electrons. The Kier molecular flexibility index (Phi) is 5.31. The number of imidazole rings is 1. The van der Waals surface area contributed by atoms with Crippen LogP contribution >= 0.6 is 0 Å². The summed E-state index contributed by atoms with van der Waals surface area (Å²) in [7, 11) is 1.84. The number of nitrogens with zero attached hydrogens (tertiary/aromatic N) is 4. The van der Waals surface area contributed by atoms with Crippen LogP contribution in [0.2, 0.25) is 0 Å². The maximum absolute atomic E-state index is 5.34. The topological polar surface area (TPSA) is 76.9 Å². The summed E-state index contributed by atoms with van der Waals surface area (Å²) in [5, 5.41) is 6.31. The van der Waals surface area contributed by atoms with Crippen LogP contribution in [0.5, 0.6) is 0 Å². The molecule has 7 heteroatoms. The van der Waals surface area contributed by atoms with E-state index >= 15 is 0 Å². The highest BCUT2D eigenvalue weighted by atomic mass is 16.5. The third-order valence-corrected chi connectivity index (χ3v) is 2.70. The molecule has 0 amide bonds. The van der Waals surface area contributed by atoms with E-state index in [0.717, 1.165) is 24.7 Å². The van der Waals surface area contributed by atoms with Crippen LogP contribution in [0, 0.1) is 0 Å². The molecule has 0 aromatic carbocycles. The second kappa shape index (κ2) is 7.44. The summed E-state index contributed by atoms with van der Waals surface area (Å²) in [6.45, 7) is 4.62. The molecule has 0 atom stereocenters.